The Hall–Kier alpha value is -0.0800. The monoisotopic (exact) mass is 169 g/mol. The Bertz CT molecular complexity index is 152. The highest BCUT2D eigenvalue weighted by atomic mass is 16.5. The third kappa shape index (κ3) is 1.50. The van der Waals surface area contributed by atoms with Gasteiger partial charge in [-0.15, -0.1) is 0 Å². The fourth-order valence-electron chi connectivity index (χ4n) is 2.30. The summed E-state index contributed by atoms with van der Waals surface area (Å²) in [7, 11) is 0. The molecule has 1 spiro atoms. The van der Waals surface area contributed by atoms with Gasteiger partial charge in [-0.2, -0.15) is 0 Å². The van der Waals surface area contributed by atoms with Gasteiger partial charge in [0, 0.05) is 13.1 Å². The molecule has 1 aliphatic heterocycles. The molecule has 0 N–H and O–H groups in total. The van der Waals surface area contributed by atoms with E-state index in [4.69, 9.17) is 4.74 Å². The smallest absolute Gasteiger partial charge is 0.0809 e. The van der Waals surface area contributed by atoms with Crippen LogP contribution in [0.15, 0.2) is 0 Å². The second-order valence-corrected chi connectivity index (χ2v) is 4.16. The van der Waals surface area contributed by atoms with Crippen LogP contribution in [-0.2, 0) is 4.74 Å². The first-order valence-electron chi connectivity index (χ1n) is 5.21. The van der Waals surface area contributed by atoms with Crippen molar-refractivity contribution in [3.8, 4) is 0 Å². The molecule has 1 saturated carbocycles. The zero-order chi connectivity index (χ0) is 8.44. The normalized spacial score (nSPS) is 28.8. The maximum atomic E-state index is 5.84. The van der Waals surface area contributed by atoms with Gasteiger partial charge in [0.2, 0.25) is 0 Å². The molecule has 0 bridgehead atoms. The first-order valence-corrected chi connectivity index (χ1v) is 5.21. The van der Waals surface area contributed by atoms with E-state index >= 15 is 0 Å². The van der Waals surface area contributed by atoms with Crippen molar-refractivity contribution in [3.05, 3.63) is 0 Å². The molecule has 1 saturated heterocycles. The number of nitrogens with zero attached hydrogens (tertiary/aromatic N) is 1. The van der Waals surface area contributed by atoms with Crippen LogP contribution in [0.3, 0.4) is 0 Å². The van der Waals surface area contributed by atoms with Crippen molar-refractivity contribution >= 4 is 0 Å². The molecule has 0 amide bonds. The molecule has 2 aliphatic rings. The van der Waals surface area contributed by atoms with Crippen molar-refractivity contribution in [2.45, 2.75) is 38.2 Å². The molecule has 2 rings (SSSR count). The van der Waals surface area contributed by atoms with E-state index in [0.29, 0.717) is 5.60 Å². The quantitative estimate of drug-likeness (QED) is 0.623. The van der Waals surface area contributed by atoms with E-state index in [9.17, 15) is 0 Å². The van der Waals surface area contributed by atoms with Gasteiger partial charge >= 0.3 is 0 Å². The van der Waals surface area contributed by atoms with Crippen LogP contribution in [-0.4, -0.2) is 36.7 Å². The van der Waals surface area contributed by atoms with Gasteiger partial charge in [0.05, 0.1) is 12.2 Å². The maximum Gasteiger partial charge on any atom is 0.0809 e. The second kappa shape index (κ2) is 3.35. The lowest BCUT2D eigenvalue weighted by molar-refractivity contribution is -0.150. The SMILES string of the molecule is CCCN1CCOC2(CCC2)C1. The van der Waals surface area contributed by atoms with Crippen molar-refractivity contribution in [2.75, 3.05) is 26.2 Å². The van der Waals surface area contributed by atoms with Crippen LogP contribution in [0.5, 0.6) is 0 Å². The molecule has 2 heteroatoms. The van der Waals surface area contributed by atoms with Crippen LogP contribution in [0.4, 0.5) is 0 Å². The lowest BCUT2D eigenvalue weighted by Gasteiger charge is -2.48. The standard InChI is InChI=1S/C10H19NO/c1-2-6-11-7-8-12-10(9-11)4-3-5-10/h2-9H2,1H3. The zero-order valence-electron chi connectivity index (χ0n) is 8.01. The highest BCUT2D eigenvalue weighted by Gasteiger charge is 2.41. The van der Waals surface area contributed by atoms with Gasteiger partial charge in [-0.05, 0) is 32.2 Å². The van der Waals surface area contributed by atoms with E-state index in [1.807, 2.05) is 0 Å². The minimum absolute atomic E-state index is 0.299. The molecule has 70 valence electrons. The van der Waals surface area contributed by atoms with Crippen LogP contribution in [0.25, 0.3) is 0 Å². The van der Waals surface area contributed by atoms with Crippen molar-refractivity contribution in [2.24, 2.45) is 0 Å². The van der Waals surface area contributed by atoms with Crippen LogP contribution in [0.2, 0.25) is 0 Å². The topological polar surface area (TPSA) is 12.5 Å². The molecule has 12 heavy (non-hydrogen) atoms. The van der Waals surface area contributed by atoms with Crippen molar-refractivity contribution in [3.63, 3.8) is 0 Å². The summed E-state index contributed by atoms with van der Waals surface area (Å²) >= 11 is 0. The molecule has 0 atom stereocenters. The van der Waals surface area contributed by atoms with Crippen LogP contribution >= 0.6 is 0 Å². The molecule has 0 radical (unpaired) electrons. The Morgan fingerprint density at radius 1 is 1.42 bits per heavy atom. The summed E-state index contributed by atoms with van der Waals surface area (Å²) in [5.41, 5.74) is 0.299. The molecule has 1 aliphatic carbocycles. The number of ether oxygens (including phenoxy) is 1. The van der Waals surface area contributed by atoms with Gasteiger partial charge < -0.3 is 4.74 Å². The van der Waals surface area contributed by atoms with Gasteiger partial charge in [-0.3, -0.25) is 4.90 Å². The number of hydrogen-bond acceptors (Lipinski definition) is 2. The highest BCUT2D eigenvalue weighted by molar-refractivity contribution is 4.94. The van der Waals surface area contributed by atoms with E-state index in [2.05, 4.69) is 11.8 Å². The maximum absolute atomic E-state index is 5.84. The molecule has 1 heterocycles. The lowest BCUT2D eigenvalue weighted by atomic mass is 9.79. The van der Waals surface area contributed by atoms with Gasteiger partial charge in [0.15, 0.2) is 0 Å². The largest absolute Gasteiger partial charge is 0.372 e. The van der Waals surface area contributed by atoms with Crippen molar-refractivity contribution in [1.82, 2.24) is 4.90 Å². The molecule has 0 aromatic rings. The molecule has 2 nitrogen and oxygen atoms in total. The minimum Gasteiger partial charge on any atom is -0.372 e. The minimum atomic E-state index is 0.299. The van der Waals surface area contributed by atoms with Gasteiger partial charge in [0.25, 0.3) is 0 Å². The average Bonchev–Trinajstić information content (AvgIpc) is 2.03. The first-order chi connectivity index (χ1) is 5.85. The summed E-state index contributed by atoms with van der Waals surface area (Å²) in [6.45, 7) is 6.81. The molecule has 0 unspecified atom stereocenters. The number of hydrogen-bond donors (Lipinski definition) is 0. The fraction of sp³-hybridized carbons (Fsp3) is 1.00. The van der Waals surface area contributed by atoms with E-state index in [1.54, 1.807) is 0 Å². The van der Waals surface area contributed by atoms with Gasteiger partial charge in [-0.25, -0.2) is 0 Å². The number of morpholine rings is 1. The third-order valence-corrected chi connectivity index (χ3v) is 3.13. The summed E-state index contributed by atoms with van der Waals surface area (Å²) in [5, 5.41) is 0. The number of rotatable bonds is 2. The molecule has 0 aromatic heterocycles. The first kappa shape index (κ1) is 8.52. The average molecular weight is 169 g/mol. The summed E-state index contributed by atoms with van der Waals surface area (Å²) < 4.78 is 5.84. The molecule has 0 aromatic carbocycles. The second-order valence-electron chi connectivity index (χ2n) is 4.16. The summed E-state index contributed by atoms with van der Waals surface area (Å²) in [5.74, 6) is 0. The van der Waals surface area contributed by atoms with Crippen LogP contribution in [0.1, 0.15) is 32.6 Å². The van der Waals surface area contributed by atoms with E-state index < -0.39 is 0 Å². The summed E-state index contributed by atoms with van der Waals surface area (Å²) in [4.78, 5) is 2.56. The Balaban J connectivity index is 1.85. The fourth-order valence-corrected chi connectivity index (χ4v) is 2.30. The third-order valence-electron chi connectivity index (χ3n) is 3.13. The summed E-state index contributed by atoms with van der Waals surface area (Å²) in [6, 6.07) is 0. The molecule has 2 fully saturated rings. The van der Waals surface area contributed by atoms with E-state index in [-0.39, 0.29) is 0 Å². The van der Waals surface area contributed by atoms with E-state index in [0.717, 1.165) is 13.2 Å². The molecular weight excluding hydrogens is 150 g/mol. The Labute approximate surface area is 74.9 Å². The zero-order valence-corrected chi connectivity index (χ0v) is 8.01. The molecular formula is C10H19NO. The van der Waals surface area contributed by atoms with Crippen LogP contribution in [0, 0.1) is 0 Å². The van der Waals surface area contributed by atoms with Gasteiger partial charge in [0.1, 0.15) is 0 Å². The lowest BCUT2D eigenvalue weighted by Crippen LogP contribution is -2.55. The highest BCUT2D eigenvalue weighted by Crippen LogP contribution is 2.37. The van der Waals surface area contributed by atoms with Crippen LogP contribution < -0.4 is 0 Å². The van der Waals surface area contributed by atoms with Gasteiger partial charge in [-0.1, -0.05) is 6.92 Å². The Morgan fingerprint density at radius 2 is 2.25 bits per heavy atom. The predicted molar refractivity (Wildman–Crippen MR) is 49.3 cm³/mol. The van der Waals surface area contributed by atoms with E-state index in [1.165, 1.54) is 38.8 Å². The summed E-state index contributed by atoms with van der Waals surface area (Å²) in [6.07, 6.45) is 5.25. The Kier molecular flexibility index (Phi) is 2.37. The van der Waals surface area contributed by atoms with Crippen molar-refractivity contribution in [1.29, 1.82) is 0 Å². The predicted octanol–water partition coefficient (Wildman–Crippen LogP) is 1.65. The Morgan fingerprint density at radius 3 is 2.83 bits per heavy atom. The van der Waals surface area contributed by atoms with Crippen molar-refractivity contribution < 1.29 is 4.74 Å².